The van der Waals surface area contributed by atoms with Gasteiger partial charge in [-0.3, -0.25) is 4.79 Å². The minimum absolute atomic E-state index is 0.0691. The molecule has 0 spiro atoms. The van der Waals surface area contributed by atoms with E-state index in [0.29, 0.717) is 5.92 Å². The molecule has 0 radical (unpaired) electrons. The molecule has 3 nitrogen and oxygen atoms in total. The molecule has 1 N–H and O–H groups in total. The van der Waals surface area contributed by atoms with Crippen LogP contribution in [0.5, 0.6) is 0 Å². The Labute approximate surface area is 109 Å². The van der Waals surface area contributed by atoms with Crippen LogP contribution in [0.2, 0.25) is 0 Å². The molecule has 1 fully saturated rings. The highest BCUT2D eigenvalue weighted by molar-refractivity contribution is 5.72. The van der Waals surface area contributed by atoms with E-state index in [9.17, 15) is 4.79 Å². The Morgan fingerprint density at radius 1 is 1.39 bits per heavy atom. The first-order valence-electron chi connectivity index (χ1n) is 6.63. The second-order valence-corrected chi connectivity index (χ2v) is 5.31. The molecule has 1 heterocycles. The second kappa shape index (κ2) is 5.42. The number of carbonyl (C=O) groups excluding carboxylic acids is 1. The smallest absolute Gasteiger partial charge is 0.216 e. The Morgan fingerprint density at radius 3 is 2.83 bits per heavy atom. The molecule has 2 rings (SSSR count). The summed E-state index contributed by atoms with van der Waals surface area (Å²) in [5.74, 6) is 0.648. The molecule has 1 aromatic rings. The predicted octanol–water partition coefficient (Wildman–Crippen LogP) is 2.27. The maximum absolute atomic E-state index is 10.9. The third-order valence-electron chi connectivity index (χ3n) is 3.78. The number of aryl methyl sites for hydroxylation is 2. The van der Waals surface area contributed by atoms with Crippen molar-refractivity contribution in [3.8, 4) is 0 Å². The molecule has 1 unspecified atom stereocenters. The number of nitrogens with one attached hydrogen (secondary N) is 1. The van der Waals surface area contributed by atoms with Gasteiger partial charge in [-0.2, -0.15) is 0 Å². The minimum Gasteiger partial charge on any atom is -0.371 e. The third-order valence-corrected chi connectivity index (χ3v) is 3.78. The maximum Gasteiger partial charge on any atom is 0.216 e. The number of amides is 1. The van der Waals surface area contributed by atoms with Crippen molar-refractivity contribution >= 4 is 11.6 Å². The second-order valence-electron chi connectivity index (χ2n) is 5.31. The fourth-order valence-electron chi connectivity index (χ4n) is 2.44. The van der Waals surface area contributed by atoms with Crippen LogP contribution in [0, 0.1) is 19.8 Å². The molecule has 1 saturated heterocycles. The lowest BCUT2D eigenvalue weighted by molar-refractivity contribution is -0.119. The highest BCUT2D eigenvalue weighted by atomic mass is 16.1. The molecule has 0 aromatic heterocycles. The zero-order valence-electron chi connectivity index (χ0n) is 11.5. The molecular weight excluding hydrogens is 224 g/mol. The summed E-state index contributed by atoms with van der Waals surface area (Å²) in [7, 11) is 0. The molecule has 3 heteroatoms. The lowest BCUT2D eigenvalue weighted by atomic mass is 10.1. The van der Waals surface area contributed by atoms with Crippen molar-refractivity contribution in [3.05, 3.63) is 29.3 Å². The average molecular weight is 246 g/mol. The van der Waals surface area contributed by atoms with Crippen LogP contribution >= 0.6 is 0 Å². The Balaban J connectivity index is 1.95. The Bertz CT molecular complexity index is 442. The van der Waals surface area contributed by atoms with E-state index in [1.54, 1.807) is 6.92 Å². The summed E-state index contributed by atoms with van der Waals surface area (Å²) in [5, 5.41) is 2.91. The molecule has 1 amide bonds. The largest absolute Gasteiger partial charge is 0.371 e. The van der Waals surface area contributed by atoms with Gasteiger partial charge in [0.25, 0.3) is 0 Å². The van der Waals surface area contributed by atoms with Crippen molar-refractivity contribution in [2.45, 2.75) is 27.2 Å². The highest BCUT2D eigenvalue weighted by Crippen LogP contribution is 2.25. The Kier molecular flexibility index (Phi) is 3.90. The average Bonchev–Trinajstić information content (AvgIpc) is 2.79. The lowest BCUT2D eigenvalue weighted by Gasteiger charge is -2.20. The number of hydrogen-bond acceptors (Lipinski definition) is 2. The summed E-state index contributed by atoms with van der Waals surface area (Å²) >= 11 is 0. The van der Waals surface area contributed by atoms with Crippen molar-refractivity contribution < 1.29 is 4.79 Å². The van der Waals surface area contributed by atoms with Crippen LogP contribution in [0.25, 0.3) is 0 Å². The van der Waals surface area contributed by atoms with Crippen LogP contribution in [0.1, 0.15) is 24.5 Å². The zero-order chi connectivity index (χ0) is 13.1. The van der Waals surface area contributed by atoms with Gasteiger partial charge in [0.05, 0.1) is 0 Å². The van der Waals surface area contributed by atoms with Crippen LogP contribution in [0.15, 0.2) is 18.2 Å². The van der Waals surface area contributed by atoms with Crippen molar-refractivity contribution in [1.82, 2.24) is 5.32 Å². The van der Waals surface area contributed by atoms with Gasteiger partial charge in [0.1, 0.15) is 0 Å². The molecule has 0 bridgehead atoms. The summed E-state index contributed by atoms with van der Waals surface area (Å²) in [5.41, 5.74) is 3.99. The predicted molar refractivity (Wildman–Crippen MR) is 74.9 cm³/mol. The molecule has 0 aliphatic carbocycles. The first-order valence-corrected chi connectivity index (χ1v) is 6.63. The van der Waals surface area contributed by atoms with Crippen LogP contribution in [0.4, 0.5) is 5.69 Å². The van der Waals surface area contributed by atoms with E-state index in [2.05, 4.69) is 42.3 Å². The van der Waals surface area contributed by atoms with E-state index in [1.807, 2.05) is 0 Å². The highest BCUT2D eigenvalue weighted by Gasteiger charge is 2.22. The first-order chi connectivity index (χ1) is 8.56. The first kappa shape index (κ1) is 12.9. The van der Waals surface area contributed by atoms with Crippen LogP contribution in [0.3, 0.4) is 0 Å². The zero-order valence-corrected chi connectivity index (χ0v) is 11.5. The van der Waals surface area contributed by atoms with Crippen molar-refractivity contribution in [2.24, 2.45) is 5.92 Å². The van der Waals surface area contributed by atoms with E-state index in [0.717, 1.165) is 26.1 Å². The summed E-state index contributed by atoms with van der Waals surface area (Å²) in [6.45, 7) is 8.81. The van der Waals surface area contributed by atoms with Gasteiger partial charge in [-0.05, 0) is 49.4 Å². The quantitative estimate of drug-likeness (QED) is 0.887. The normalized spacial score (nSPS) is 19.1. The minimum atomic E-state index is 0.0691. The molecular formula is C15H22N2O. The summed E-state index contributed by atoms with van der Waals surface area (Å²) < 4.78 is 0. The van der Waals surface area contributed by atoms with Gasteiger partial charge in [-0.25, -0.2) is 0 Å². The SMILES string of the molecule is CC(=O)NCC1CCN(c2ccc(C)c(C)c2)C1. The topological polar surface area (TPSA) is 32.3 Å². The number of anilines is 1. The maximum atomic E-state index is 10.9. The standard InChI is InChI=1S/C15H22N2O/c1-11-4-5-15(8-12(11)2)17-7-6-14(10-17)9-16-13(3)18/h4-5,8,14H,6-7,9-10H2,1-3H3,(H,16,18). The molecule has 1 aromatic carbocycles. The van der Waals surface area contributed by atoms with Crippen molar-refractivity contribution in [1.29, 1.82) is 0 Å². The monoisotopic (exact) mass is 246 g/mol. The van der Waals surface area contributed by atoms with E-state index >= 15 is 0 Å². The van der Waals surface area contributed by atoms with Crippen molar-refractivity contribution in [2.75, 3.05) is 24.5 Å². The van der Waals surface area contributed by atoms with Gasteiger partial charge in [0.2, 0.25) is 5.91 Å². The van der Waals surface area contributed by atoms with Crippen LogP contribution in [-0.4, -0.2) is 25.5 Å². The number of benzene rings is 1. The van der Waals surface area contributed by atoms with E-state index < -0.39 is 0 Å². The van der Waals surface area contributed by atoms with E-state index in [-0.39, 0.29) is 5.91 Å². The molecule has 98 valence electrons. The number of rotatable bonds is 3. The molecule has 0 saturated carbocycles. The van der Waals surface area contributed by atoms with Gasteiger partial charge in [0.15, 0.2) is 0 Å². The van der Waals surface area contributed by atoms with Crippen LogP contribution < -0.4 is 10.2 Å². The van der Waals surface area contributed by atoms with Gasteiger partial charge >= 0.3 is 0 Å². The lowest BCUT2D eigenvalue weighted by Crippen LogP contribution is -2.29. The van der Waals surface area contributed by atoms with Gasteiger partial charge in [0, 0.05) is 32.2 Å². The van der Waals surface area contributed by atoms with Crippen LogP contribution in [-0.2, 0) is 4.79 Å². The summed E-state index contributed by atoms with van der Waals surface area (Å²) in [6, 6.07) is 6.64. The molecule has 18 heavy (non-hydrogen) atoms. The van der Waals surface area contributed by atoms with Gasteiger partial charge in [-0.15, -0.1) is 0 Å². The molecule has 1 atom stereocenters. The Hall–Kier alpha value is -1.51. The summed E-state index contributed by atoms with van der Waals surface area (Å²) in [4.78, 5) is 13.3. The fraction of sp³-hybridized carbons (Fsp3) is 0.533. The number of carbonyl (C=O) groups is 1. The molecule has 1 aliphatic heterocycles. The van der Waals surface area contributed by atoms with Gasteiger partial charge < -0.3 is 10.2 Å². The summed E-state index contributed by atoms with van der Waals surface area (Å²) in [6.07, 6.45) is 1.16. The van der Waals surface area contributed by atoms with Crippen molar-refractivity contribution in [3.63, 3.8) is 0 Å². The fourth-order valence-corrected chi connectivity index (χ4v) is 2.44. The van der Waals surface area contributed by atoms with E-state index in [4.69, 9.17) is 0 Å². The number of hydrogen-bond donors (Lipinski definition) is 1. The van der Waals surface area contributed by atoms with Gasteiger partial charge in [-0.1, -0.05) is 6.07 Å². The Morgan fingerprint density at radius 2 is 2.17 bits per heavy atom. The number of nitrogens with zero attached hydrogens (tertiary/aromatic N) is 1. The molecule has 1 aliphatic rings. The third kappa shape index (κ3) is 3.03. The van der Waals surface area contributed by atoms with E-state index in [1.165, 1.54) is 16.8 Å².